The topological polar surface area (TPSA) is 85.2 Å². The molecule has 1 atom stereocenters. The van der Waals surface area contributed by atoms with Crippen molar-refractivity contribution in [2.24, 2.45) is 0 Å². The van der Waals surface area contributed by atoms with E-state index in [1.807, 2.05) is 24.4 Å². The minimum Gasteiger partial charge on any atom is -0.466 e. The Hall–Kier alpha value is -3.61. The highest BCUT2D eigenvalue weighted by Crippen LogP contribution is 2.33. The maximum absolute atomic E-state index is 12.7. The first-order chi connectivity index (χ1) is 12.6. The summed E-state index contributed by atoms with van der Waals surface area (Å²) in [5, 5.41) is 9.59. The number of benzene rings is 2. The molecule has 2 aromatic carbocycles. The van der Waals surface area contributed by atoms with Gasteiger partial charge in [0, 0.05) is 18.1 Å². The molecule has 0 spiro atoms. The average molecular weight is 348 g/mol. The highest BCUT2D eigenvalue weighted by Gasteiger charge is 2.47. The van der Waals surface area contributed by atoms with Crippen LogP contribution >= 0.6 is 0 Å². The molecule has 2 heterocycles. The molecule has 1 aromatic heterocycles. The molecule has 1 unspecified atom stereocenters. The summed E-state index contributed by atoms with van der Waals surface area (Å²) in [4.78, 5) is 25.1. The van der Waals surface area contributed by atoms with Crippen LogP contribution in [0, 0.1) is 0 Å². The zero-order valence-corrected chi connectivity index (χ0v) is 14.0. The van der Waals surface area contributed by atoms with E-state index in [-0.39, 0.29) is 0 Å². The Labute approximate surface area is 149 Å². The third-order valence-corrected chi connectivity index (χ3v) is 4.21. The van der Waals surface area contributed by atoms with Gasteiger partial charge >= 0.3 is 0 Å². The third-order valence-electron chi connectivity index (χ3n) is 4.21. The first-order valence-corrected chi connectivity index (χ1v) is 8.07. The Morgan fingerprint density at radius 3 is 2.65 bits per heavy atom. The van der Waals surface area contributed by atoms with Crippen molar-refractivity contribution < 1.29 is 14.3 Å². The van der Waals surface area contributed by atoms with E-state index >= 15 is 0 Å². The molecule has 2 amide bonds. The molecular formula is C19H16N4O3. The monoisotopic (exact) mass is 348 g/mol. The zero-order chi connectivity index (χ0) is 18.1. The first-order valence-electron chi connectivity index (χ1n) is 8.07. The highest BCUT2D eigenvalue weighted by molar-refractivity contribution is 6.19. The number of rotatable bonds is 3. The predicted molar refractivity (Wildman–Crippen MR) is 96.3 cm³/mol. The van der Waals surface area contributed by atoms with Crippen molar-refractivity contribution in [1.82, 2.24) is 9.78 Å². The lowest BCUT2D eigenvalue weighted by atomic mass is 10.0. The van der Waals surface area contributed by atoms with Crippen molar-refractivity contribution in [3.05, 3.63) is 67.0 Å². The summed E-state index contributed by atoms with van der Waals surface area (Å²) in [5.41, 5.74) is 0.309. The van der Waals surface area contributed by atoms with Crippen LogP contribution in [0.3, 0.4) is 0 Å². The number of carbonyl (C=O) groups is 2. The number of hydrogen-bond donors (Lipinski definition) is 2. The number of carbonyl (C=O) groups excluding carboxylic acids is 2. The van der Waals surface area contributed by atoms with Gasteiger partial charge in [0.2, 0.25) is 0 Å². The average Bonchev–Trinajstić information content (AvgIpc) is 3.18. The van der Waals surface area contributed by atoms with E-state index in [0.717, 1.165) is 5.69 Å². The SMILES string of the molecule is CC1(C(=O)Nc2ccc(-n3cccn3)cc2)Oc2ccccc2NC1=O. The van der Waals surface area contributed by atoms with E-state index in [1.165, 1.54) is 6.92 Å². The Bertz CT molecular complexity index is 967. The number of ether oxygens (including phenoxy) is 1. The van der Waals surface area contributed by atoms with Crippen molar-refractivity contribution in [2.75, 3.05) is 10.6 Å². The Morgan fingerprint density at radius 2 is 1.92 bits per heavy atom. The first kappa shape index (κ1) is 15.9. The number of nitrogens with one attached hydrogen (secondary N) is 2. The van der Waals surface area contributed by atoms with Crippen LogP contribution in [-0.4, -0.2) is 27.2 Å². The molecule has 3 aromatic rings. The molecule has 0 radical (unpaired) electrons. The van der Waals surface area contributed by atoms with Crippen molar-refractivity contribution in [2.45, 2.75) is 12.5 Å². The molecule has 0 saturated carbocycles. The van der Waals surface area contributed by atoms with E-state index in [1.54, 1.807) is 47.3 Å². The summed E-state index contributed by atoms with van der Waals surface area (Å²) in [6, 6.07) is 15.9. The molecule has 4 rings (SSSR count). The van der Waals surface area contributed by atoms with Crippen LogP contribution in [0.25, 0.3) is 5.69 Å². The van der Waals surface area contributed by atoms with Crippen LogP contribution in [-0.2, 0) is 9.59 Å². The number of para-hydroxylation sites is 2. The Kier molecular flexibility index (Phi) is 3.69. The summed E-state index contributed by atoms with van der Waals surface area (Å²) in [6.45, 7) is 1.45. The van der Waals surface area contributed by atoms with Crippen molar-refractivity contribution in [3.8, 4) is 11.4 Å². The maximum atomic E-state index is 12.7. The van der Waals surface area contributed by atoms with E-state index in [2.05, 4.69) is 15.7 Å². The number of amides is 2. The Morgan fingerprint density at radius 1 is 1.15 bits per heavy atom. The molecule has 26 heavy (non-hydrogen) atoms. The lowest BCUT2D eigenvalue weighted by molar-refractivity contribution is -0.143. The number of hydrogen-bond acceptors (Lipinski definition) is 4. The lowest BCUT2D eigenvalue weighted by Gasteiger charge is -2.33. The van der Waals surface area contributed by atoms with E-state index < -0.39 is 17.4 Å². The fraction of sp³-hybridized carbons (Fsp3) is 0.105. The summed E-state index contributed by atoms with van der Waals surface area (Å²) in [6.07, 6.45) is 3.51. The number of aromatic nitrogens is 2. The second-order valence-electron chi connectivity index (χ2n) is 6.04. The second-order valence-corrected chi connectivity index (χ2v) is 6.04. The minimum atomic E-state index is -1.66. The lowest BCUT2D eigenvalue weighted by Crippen LogP contribution is -2.56. The van der Waals surface area contributed by atoms with Crippen LogP contribution in [0.1, 0.15) is 6.92 Å². The van der Waals surface area contributed by atoms with Crippen molar-refractivity contribution >= 4 is 23.2 Å². The van der Waals surface area contributed by atoms with Gasteiger partial charge in [0.25, 0.3) is 17.4 Å². The van der Waals surface area contributed by atoms with E-state index in [9.17, 15) is 9.59 Å². The van der Waals surface area contributed by atoms with Gasteiger partial charge in [0.1, 0.15) is 5.75 Å². The molecule has 0 bridgehead atoms. The summed E-state index contributed by atoms with van der Waals surface area (Å²) < 4.78 is 7.42. The minimum absolute atomic E-state index is 0.457. The van der Waals surface area contributed by atoms with Gasteiger partial charge in [-0.05, 0) is 49.4 Å². The zero-order valence-electron chi connectivity index (χ0n) is 14.0. The smallest absolute Gasteiger partial charge is 0.278 e. The molecule has 0 saturated heterocycles. The van der Waals surface area contributed by atoms with Gasteiger partial charge in [-0.25, -0.2) is 4.68 Å². The van der Waals surface area contributed by atoms with Crippen molar-refractivity contribution in [1.29, 1.82) is 0 Å². The number of nitrogens with zero attached hydrogens (tertiary/aromatic N) is 2. The second kappa shape index (κ2) is 6.03. The molecule has 1 aliphatic heterocycles. The van der Waals surface area contributed by atoms with Gasteiger partial charge in [-0.2, -0.15) is 5.10 Å². The maximum Gasteiger partial charge on any atom is 0.278 e. The number of fused-ring (bicyclic) bond motifs is 1. The third kappa shape index (κ3) is 2.69. The molecule has 130 valence electrons. The molecule has 2 N–H and O–H groups in total. The van der Waals surface area contributed by atoms with Gasteiger partial charge in [-0.3, -0.25) is 9.59 Å². The van der Waals surface area contributed by atoms with Crippen molar-refractivity contribution in [3.63, 3.8) is 0 Å². The standard InChI is InChI=1S/C19H16N4O3/c1-19(18(25)22-15-5-2-3-6-16(15)26-19)17(24)21-13-7-9-14(10-8-13)23-12-4-11-20-23/h2-12H,1H3,(H,21,24)(H,22,25). The fourth-order valence-electron chi connectivity index (χ4n) is 2.69. The molecule has 0 fully saturated rings. The van der Waals surface area contributed by atoms with Crippen LogP contribution in [0.5, 0.6) is 5.75 Å². The normalized spacial score (nSPS) is 18.4. The largest absolute Gasteiger partial charge is 0.466 e. The van der Waals surface area contributed by atoms with E-state index in [0.29, 0.717) is 17.1 Å². The van der Waals surface area contributed by atoms with Gasteiger partial charge in [0.15, 0.2) is 0 Å². The summed E-state index contributed by atoms with van der Waals surface area (Å²) in [5.74, 6) is -0.600. The predicted octanol–water partition coefficient (Wildman–Crippen LogP) is 2.60. The van der Waals surface area contributed by atoms with Gasteiger partial charge in [-0.1, -0.05) is 12.1 Å². The molecular weight excluding hydrogens is 332 g/mol. The van der Waals surface area contributed by atoms with Crippen LogP contribution in [0.2, 0.25) is 0 Å². The van der Waals surface area contributed by atoms with Gasteiger partial charge in [-0.15, -0.1) is 0 Å². The summed E-state index contributed by atoms with van der Waals surface area (Å²) >= 11 is 0. The van der Waals surface area contributed by atoms with Gasteiger partial charge in [0.05, 0.1) is 11.4 Å². The molecule has 7 heteroatoms. The van der Waals surface area contributed by atoms with Crippen LogP contribution in [0.4, 0.5) is 11.4 Å². The fourth-order valence-corrected chi connectivity index (χ4v) is 2.69. The Balaban J connectivity index is 1.53. The van der Waals surface area contributed by atoms with Crippen LogP contribution < -0.4 is 15.4 Å². The number of anilines is 2. The quantitative estimate of drug-likeness (QED) is 0.713. The molecule has 1 aliphatic rings. The van der Waals surface area contributed by atoms with Gasteiger partial charge < -0.3 is 15.4 Å². The van der Waals surface area contributed by atoms with E-state index in [4.69, 9.17) is 4.74 Å². The highest BCUT2D eigenvalue weighted by atomic mass is 16.5. The molecule has 0 aliphatic carbocycles. The van der Waals surface area contributed by atoms with Crippen LogP contribution in [0.15, 0.2) is 67.0 Å². The summed E-state index contributed by atoms with van der Waals surface area (Å²) in [7, 11) is 0. The molecule has 7 nitrogen and oxygen atoms in total.